The van der Waals surface area contributed by atoms with Crippen molar-refractivity contribution in [1.29, 1.82) is 0 Å². The van der Waals surface area contributed by atoms with Crippen molar-refractivity contribution in [2.75, 3.05) is 24.3 Å². The van der Waals surface area contributed by atoms with Crippen LogP contribution in [0.3, 0.4) is 0 Å². The van der Waals surface area contributed by atoms with E-state index in [9.17, 15) is 0 Å². The van der Waals surface area contributed by atoms with Gasteiger partial charge in [0.15, 0.2) is 0 Å². The quantitative estimate of drug-likeness (QED) is 0.682. The molecule has 0 aliphatic heterocycles. The third kappa shape index (κ3) is 4.76. The zero-order valence-corrected chi connectivity index (χ0v) is 18.1. The topological polar surface area (TPSA) is 53.9 Å². The molecule has 5 nitrogen and oxygen atoms in total. The van der Waals surface area contributed by atoms with Crippen LogP contribution >= 0.6 is 0 Å². The molecule has 0 amide bonds. The van der Waals surface area contributed by atoms with Crippen LogP contribution in [0.25, 0.3) is 11.3 Å². The summed E-state index contributed by atoms with van der Waals surface area (Å²) in [4.78, 5) is 16.7. The van der Waals surface area contributed by atoms with E-state index >= 15 is 0 Å². The molecule has 2 rings (SSSR count). The molecule has 0 saturated carbocycles. The summed E-state index contributed by atoms with van der Waals surface area (Å²) in [5, 5.41) is 3.61. The first-order valence-corrected chi connectivity index (χ1v) is 10.3. The Bertz CT molecular complexity index is 751. The van der Waals surface area contributed by atoms with Crippen molar-refractivity contribution in [3.63, 3.8) is 0 Å². The van der Waals surface area contributed by atoms with Gasteiger partial charge in [-0.1, -0.05) is 34.6 Å². The molecule has 0 radical (unpaired) electrons. The van der Waals surface area contributed by atoms with Crippen LogP contribution in [-0.4, -0.2) is 35.1 Å². The maximum Gasteiger partial charge on any atom is 0.148 e. The van der Waals surface area contributed by atoms with Gasteiger partial charge in [-0.15, -0.1) is 0 Å². The van der Waals surface area contributed by atoms with E-state index in [0.29, 0.717) is 6.04 Å². The summed E-state index contributed by atoms with van der Waals surface area (Å²) in [7, 11) is 4.04. The highest BCUT2D eigenvalue weighted by Crippen LogP contribution is 2.29. The fourth-order valence-electron chi connectivity index (χ4n) is 3.25. The zero-order chi connectivity index (χ0) is 20.0. The normalized spacial score (nSPS) is 11.1. The largest absolute Gasteiger partial charge is 0.366 e. The van der Waals surface area contributed by atoms with Crippen molar-refractivity contribution >= 4 is 11.6 Å². The van der Waals surface area contributed by atoms with Crippen LogP contribution in [0.2, 0.25) is 0 Å². The average Bonchev–Trinajstić information content (AvgIpc) is 2.70. The highest BCUT2D eigenvalue weighted by Gasteiger charge is 2.18. The number of anilines is 2. The number of aromatic nitrogens is 3. The van der Waals surface area contributed by atoms with Crippen molar-refractivity contribution in [2.24, 2.45) is 0 Å². The van der Waals surface area contributed by atoms with Crippen LogP contribution in [0.5, 0.6) is 0 Å². The standard InChI is InChI=1S/C22H35N5/c1-8-15-13-20(27(6)7)23-14-17(15)21-18(11-4)26-22(19(12-5)25-21)24-16(9-2)10-3/h13-14,16H,8-12H2,1-7H3,(H,24,26). The van der Waals surface area contributed by atoms with E-state index in [1.807, 2.05) is 25.2 Å². The SMILES string of the molecule is CCc1cc(N(C)C)ncc1-c1nc(CC)c(NC(CC)CC)nc1CC. The molecule has 0 bridgehead atoms. The summed E-state index contributed by atoms with van der Waals surface area (Å²) >= 11 is 0. The lowest BCUT2D eigenvalue weighted by molar-refractivity contribution is 0.665. The molecule has 5 heteroatoms. The van der Waals surface area contributed by atoms with Crippen LogP contribution in [0.4, 0.5) is 11.6 Å². The van der Waals surface area contributed by atoms with Gasteiger partial charge in [-0.3, -0.25) is 0 Å². The molecule has 1 N–H and O–H groups in total. The third-order valence-electron chi connectivity index (χ3n) is 5.11. The maximum atomic E-state index is 5.06. The Morgan fingerprint density at radius 1 is 0.926 bits per heavy atom. The van der Waals surface area contributed by atoms with E-state index in [2.05, 4.69) is 51.0 Å². The lowest BCUT2D eigenvalue weighted by Crippen LogP contribution is -2.20. The summed E-state index contributed by atoms with van der Waals surface area (Å²) in [6.07, 6.45) is 6.78. The minimum absolute atomic E-state index is 0.437. The third-order valence-corrected chi connectivity index (χ3v) is 5.11. The number of hydrogen-bond acceptors (Lipinski definition) is 5. The lowest BCUT2D eigenvalue weighted by Gasteiger charge is -2.20. The second kappa shape index (κ2) is 9.67. The second-order valence-corrected chi connectivity index (χ2v) is 7.13. The van der Waals surface area contributed by atoms with Gasteiger partial charge in [-0.05, 0) is 43.7 Å². The summed E-state index contributed by atoms with van der Waals surface area (Å²) < 4.78 is 0. The predicted molar refractivity (Wildman–Crippen MR) is 116 cm³/mol. The highest BCUT2D eigenvalue weighted by atomic mass is 15.1. The Hall–Kier alpha value is -2.17. The van der Waals surface area contributed by atoms with Gasteiger partial charge >= 0.3 is 0 Å². The van der Waals surface area contributed by atoms with E-state index in [-0.39, 0.29) is 0 Å². The van der Waals surface area contributed by atoms with E-state index < -0.39 is 0 Å². The molecule has 0 spiro atoms. The Balaban J connectivity index is 2.57. The molecule has 0 unspecified atom stereocenters. The van der Waals surface area contributed by atoms with E-state index in [1.54, 1.807) is 0 Å². The minimum atomic E-state index is 0.437. The van der Waals surface area contributed by atoms with Gasteiger partial charge < -0.3 is 10.2 Å². The van der Waals surface area contributed by atoms with Crippen molar-refractivity contribution in [2.45, 2.75) is 72.8 Å². The molecule has 148 valence electrons. The van der Waals surface area contributed by atoms with Crippen LogP contribution in [0, 0.1) is 0 Å². The van der Waals surface area contributed by atoms with Crippen molar-refractivity contribution < 1.29 is 0 Å². The maximum absolute atomic E-state index is 5.06. The molecule has 0 saturated heterocycles. The van der Waals surface area contributed by atoms with Gasteiger partial charge in [-0.2, -0.15) is 0 Å². The van der Waals surface area contributed by atoms with Gasteiger partial charge in [0.05, 0.1) is 17.1 Å². The van der Waals surface area contributed by atoms with E-state index in [0.717, 1.165) is 66.4 Å². The zero-order valence-electron chi connectivity index (χ0n) is 18.1. The number of nitrogens with zero attached hydrogens (tertiary/aromatic N) is 4. The molecule has 2 aromatic rings. The Labute approximate surface area is 164 Å². The highest BCUT2D eigenvalue weighted by molar-refractivity contribution is 5.68. The number of pyridine rings is 1. The van der Waals surface area contributed by atoms with Crippen molar-refractivity contribution in [3.8, 4) is 11.3 Å². The molecule has 0 aliphatic rings. The summed E-state index contributed by atoms with van der Waals surface area (Å²) in [6.45, 7) is 10.9. The van der Waals surface area contributed by atoms with Gasteiger partial charge in [0.2, 0.25) is 0 Å². The molecule has 27 heavy (non-hydrogen) atoms. The van der Waals surface area contributed by atoms with Crippen LogP contribution in [0.1, 0.15) is 64.4 Å². The number of hydrogen-bond donors (Lipinski definition) is 1. The Morgan fingerprint density at radius 2 is 1.59 bits per heavy atom. The van der Waals surface area contributed by atoms with E-state index in [1.165, 1.54) is 5.56 Å². The number of nitrogens with one attached hydrogen (secondary N) is 1. The smallest absolute Gasteiger partial charge is 0.148 e. The minimum Gasteiger partial charge on any atom is -0.366 e. The van der Waals surface area contributed by atoms with Crippen LogP contribution < -0.4 is 10.2 Å². The number of rotatable bonds is 9. The molecular formula is C22H35N5. The molecule has 0 aliphatic carbocycles. The molecule has 0 fully saturated rings. The average molecular weight is 370 g/mol. The molecule has 2 heterocycles. The summed E-state index contributed by atoms with van der Waals surface area (Å²) in [6, 6.07) is 2.60. The first kappa shape index (κ1) is 21.1. The molecular weight excluding hydrogens is 334 g/mol. The van der Waals surface area contributed by atoms with Gasteiger partial charge in [-0.25, -0.2) is 15.0 Å². The van der Waals surface area contributed by atoms with E-state index in [4.69, 9.17) is 9.97 Å². The van der Waals surface area contributed by atoms with Gasteiger partial charge in [0, 0.05) is 31.9 Å². The second-order valence-electron chi connectivity index (χ2n) is 7.13. The van der Waals surface area contributed by atoms with Crippen LogP contribution in [-0.2, 0) is 19.3 Å². The first-order chi connectivity index (χ1) is 13.0. The summed E-state index contributed by atoms with van der Waals surface area (Å²) in [5.74, 6) is 1.92. The number of aryl methyl sites for hydroxylation is 3. The monoisotopic (exact) mass is 369 g/mol. The Morgan fingerprint density at radius 3 is 2.11 bits per heavy atom. The Kier molecular flexibility index (Phi) is 7.57. The first-order valence-electron chi connectivity index (χ1n) is 10.3. The lowest BCUT2D eigenvalue weighted by atomic mass is 10.0. The molecule has 2 aromatic heterocycles. The van der Waals surface area contributed by atoms with Gasteiger partial charge in [0.1, 0.15) is 11.6 Å². The fraction of sp³-hybridized carbons (Fsp3) is 0.591. The summed E-state index contributed by atoms with van der Waals surface area (Å²) in [5.41, 5.74) is 5.43. The molecule has 0 aromatic carbocycles. The van der Waals surface area contributed by atoms with Crippen molar-refractivity contribution in [1.82, 2.24) is 15.0 Å². The predicted octanol–water partition coefficient (Wildman–Crippen LogP) is 4.89. The van der Waals surface area contributed by atoms with Crippen molar-refractivity contribution in [3.05, 3.63) is 29.2 Å². The van der Waals surface area contributed by atoms with Gasteiger partial charge in [0.25, 0.3) is 0 Å². The van der Waals surface area contributed by atoms with Crippen LogP contribution in [0.15, 0.2) is 12.3 Å². The fourth-order valence-corrected chi connectivity index (χ4v) is 3.25. The molecule has 0 atom stereocenters.